The molecule has 0 aromatic heterocycles. The van der Waals surface area contributed by atoms with Crippen LogP contribution in [0.15, 0.2) is 12.1 Å². The Hall–Kier alpha value is -2.57. The molecule has 9 nitrogen and oxygen atoms in total. The molecule has 1 heterocycles. The summed E-state index contributed by atoms with van der Waals surface area (Å²) in [7, 11) is 1.26. The Kier molecular flexibility index (Phi) is 8.26. The first kappa shape index (κ1) is 23.7. The van der Waals surface area contributed by atoms with Gasteiger partial charge in [0.1, 0.15) is 18.5 Å². The van der Waals surface area contributed by atoms with Crippen molar-refractivity contribution >= 4 is 11.9 Å². The van der Waals surface area contributed by atoms with E-state index in [4.69, 9.17) is 14.6 Å². The van der Waals surface area contributed by atoms with E-state index in [1.807, 2.05) is 0 Å². The zero-order chi connectivity index (χ0) is 22.3. The molecular formula is C18H23F3N2O7. The Morgan fingerprint density at radius 3 is 2.53 bits per heavy atom. The van der Waals surface area contributed by atoms with Gasteiger partial charge in [-0.05, 0) is 32.0 Å². The summed E-state index contributed by atoms with van der Waals surface area (Å²) in [5.41, 5.74) is -0.404. The van der Waals surface area contributed by atoms with Crippen molar-refractivity contribution in [1.29, 1.82) is 0 Å². The maximum atomic E-state index is 12.8. The fourth-order valence-corrected chi connectivity index (χ4v) is 2.69. The van der Waals surface area contributed by atoms with Crippen molar-refractivity contribution in [3.63, 3.8) is 0 Å². The van der Waals surface area contributed by atoms with Crippen molar-refractivity contribution < 1.29 is 47.2 Å². The highest BCUT2D eigenvalue weighted by atomic mass is 19.4. The number of piperidine rings is 1. The standard InChI is InChI=1S/C18H23F3N2O7/c1-28-12-6-13(16(26)23-10-2-4-22-5-3-10)15(30-17(27)18(19,20)21)14(7-12)29-9-11(25)8-24/h6-7,10-11,22,24-25H,2-5,8-9H2,1H3,(H,23,26). The van der Waals surface area contributed by atoms with E-state index in [2.05, 4.69) is 15.4 Å². The molecule has 0 aliphatic carbocycles. The first-order valence-electron chi connectivity index (χ1n) is 9.10. The normalized spacial score (nSPS) is 15.9. The van der Waals surface area contributed by atoms with Crippen LogP contribution in [0.5, 0.6) is 17.2 Å². The van der Waals surface area contributed by atoms with Gasteiger partial charge in [0.15, 0.2) is 11.5 Å². The van der Waals surface area contributed by atoms with E-state index in [9.17, 15) is 27.9 Å². The van der Waals surface area contributed by atoms with Gasteiger partial charge < -0.3 is 35.1 Å². The Bertz CT molecular complexity index is 752. The predicted octanol–water partition coefficient (Wildman–Crippen LogP) is 0.377. The number of hydrogen-bond donors (Lipinski definition) is 4. The lowest BCUT2D eigenvalue weighted by Crippen LogP contribution is -2.43. The highest BCUT2D eigenvalue weighted by Gasteiger charge is 2.42. The number of esters is 1. The number of alkyl halides is 3. The van der Waals surface area contributed by atoms with E-state index in [-0.39, 0.29) is 11.8 Å². The average Bonchev–Trinajstić information content (AvgIpc) is 2.72. The number of ether oxygens (including phenoxy) is 3. The minimum atomic E-state index is -5.31. The maximum absolute atomic E-state index is 12.8. The molecule has 1 unspecified atom stereocenters. The summed E-state index contributed by atoms with van der Waals surface area (Å²) in [4.78, 5) is 24.2. The number of carbonyl (C=O) groups is 2. The number of carbonyl (C=O) groups excluding carboxylic acids is 2. The van der Waals surface area contributed by atoms with Gasteiger partial charge >= 0.3 is 12.1 Å². The third-order valence-corrected chi connectivity index (χ3v) is 4.25. The van der Waals surface area contributed by atoms with Crippen LogP contribution in [0.3, 0.4) is 0 Å². The summed E-state index contributed by atoms with van der Waals surface area (Å²) in [6, 6.07) is 1.99. The number of benzene rings is 1. The van der Waals surface area contributed by atoms with Crippen LogP contribution < -0.4 is 24.8 Å². The maximum Gasteiger partial charge on any atom is 0.491 e. The van der Waals surface area contributed by atoms with Crippen molar-refractivity contribution in [2.24, 2.45) is 0 Å². The fourth-order valence-electron chi connectivity index (χ4n) is 2.69. The molecule has 1 amide bonds. The zero-order valence-electron chi connectivity index (χ0n) is 16.1. The van der Waals surface area contributed by atoms with Gasteiger partial charge in [-0.2, -0.15) is 13.2 Å². The molecule has 1 saturated heterocycles. The number of rotatable bonds is 8. The molecule has 1 aromatic rings. The fraction of sp³-hybridized carbons (Fsp3) is 0.556. The molecule has 2 rings (SSSR count). The van der Waals surface area contributed by atoms with Crippen molar-refractivity contribution in [2.75, 3.05) is 33.4 Å². The van der Waals surface area contributed by atoms with E-state index in [1.54, 1.807) is 0 Å². The van der Waals surface area contributed by atoms with E-state index < -0.39 is 54.4 Å². The Morgan fingerprint density at radius 1 is 1.30 bits per heavy atom. The number of amides is 1. The second-order valence-electron chi connectivity index (χ2n) is 6.53. The van der Waals surface area contributed by atoms with E-state index in [0.717, 1.165) is 12.1 Å². The van der Waals surface area contributed by atoms with E-state index in [0.29, 0.717) is 25.9 Å². The molecular weight excluding hydrogens is 413 g/mol. The molecule has 1 aliphatic heterocycles. The van der Waals surface area contributed by atoms with Gasteiger partial charge in [0, 0.05) is 12.1 Å². The third-order valence-electron chi connectivity index (χ3n) is 4.25. The van der Waals surface area contributed by atoms with E-state index >= 15 is 0 Å². The molecule has 30 heavy (non-hydrogen) atoms. The van der Waals surface area contributed by atoms with Crippen LogP contribution in [0.1, 0.15) is 23.2 Å². The summed E-state index contributed by atoms with van der Waals surface area (Å²) in [6.07, 6.45) is -5.45. The predicted molar refractivity (Wildman–Crippen MR) is 96.6 cm³/mol. The first-order chi connectivity index (χ1) is 14.2. The smallest absolute Gasteiger partial charge is 0.491 e. The zero-order valence-corrected chi connectivity index (χ0v) is 16.1. The molecule has 0 radical (unpaired) electrons. The minimum Gasteiger partial charge on any atom is -0.497 e. The van der Waals surface area contributed by atoms with Crippen molar-refractivity contribution in [2.45, 2.75) is 31.2 Å². The summed E-state index contributed by atoms with van der Waals surface area (Å²) in [5, 5.41) is 24.2. The van der Waals surface area contributed by atoms with Crippen LogP contribution in [0.4, 0.5) is 13.2 Å². The van der Waals surface area contributed by atoms with Crippen molar-refractivity contribution in [3.8, 4) is 17.2 Å². The lowest BCUT2D eigenvalue weighted by atomic mass is 10.1. The van der Waals surface area contributed by atoms with Crippen LogP contribution in [-0.2, 0) is 4.79 Å². The molecule has 0 spiro atoms. The molecule has 1 fully saturated rings. The number of halogens is 3. The topological polar surface area (TPSA) is 126 Å². The summed E-state index contributed by atoms with van der Waals surface area (Å²) < 4.78 is 53.0. The monoisotopic (exact) mass is 436 g/mol. The van der Waals surface area contributed by atoms with Gasteiger partial charge in [0.25, 0.3) is 5.91 Å². The highest BCUT2D eigenvalue weighted by Crippen LogP contribution is 2.37. The lowest BCUT2D eigenvalue weighted by Gasteiger charge is -2.24. The second-order valence-corrected chi connectivity index (χ2v) is 6.53. The number of aliphatic hydroxyl groups is 2. The highest BCUT2D eigenvalue weighted by molar-refractivity contribution is 5.99. The molecule has 4 N–H and O–H groups in total. The molecule has 1 aliphatic rings. The van der Waals surface area contributed by atoms with Crippen molar-refractivity contribution in [1.82, 2.24) is 10.6 Å². The molecule has 1 atom stereocenters. The van der Waals surface area contributed by atoms with Gasteiger partial charge in [-0.25, -0.2) is 4.79 Å². The molecule has 0 bridgehead atoms. The second kappa shape index (κ2) is 10.5. The Morgan fingerprint density at radius 2 is 1.97 bits per heavy atom. The summed E-state index contributed by atoms with van der Waals surface area (Å²) in [6.45, 7) is 0.110. The number of nitrogens with one attached hydrogen (secondary N) is 2. The van der Waals surface area contributed by atoms with Crippen LogP contribution >= 0.6 is 0 Å². The Balaban J connectivity index is 2.41. The molecule has 0 saturated carbocycles. The molecule has 168 valence electrons. The number of aliphatic hydroxyl groups excluding tert-OH is 2. The number of hydrogen-bond acceptors (Lipinski definition) is 8. The first-order valence-corrected chi connectivity index (χ1v) is 9.10. The Labute approximate surface area is 170 Å². The third kappa shape index (κ3) is 6.47. The molecule has 12 heteroatoms. The number of methoxy groups -OCH3 is 1. The average molecular weight is 436 g/mol. The minimum absolute atomic E-state index is 0.0470. The van der Waals surface area contributed by atoms with Gasteiger partial charge in [0.2, 0.25) is 0 Å². The van der Waals surface area contributed by atoms with Crippen LogP contribution in [0.2, 0.25) is 0 Å². The summed E-state index contributed by atoms with van der Waals surface area (Å²) >= 11 is 0. The van der Waals surface area contributed by atoms with Gasteiger partial charge in [-0.3, -0.25) is 4.79 Å². The van der Waals surface area contributed by atoms with Gasteiger partial charge in [-0.1, -0.05) is 0 Å². The van der Waals surface area contributed by atoms with E-state index in [1.165, 1.54) is 7.11 Å². The van der Waals surface area contributed by atoms with Crippen LogP contribution in [0, 0.1) is 0 Å². The summed E-state index contributed by atoms with van der Waals surface area (Å²) in [5.74, 6) is -4.48. The van der Waals surface area contributed by atoms with Gasteiger partial charge in [0.05, 0.1) is 19.3 Å². The molecule has 1 aromatic carbocycles. The van der Waals surface area contributed by atoms with Gasteiger partial charge in [-0.15, -0.1) is 0 Å². The van der Waals surface area contributed by atoms with Crippen LogP contribution in [-0.4, -0.2) is 73.8 Å². The van der Waals surface area contributed by atoms with Crippen LogP contribution in [0.25, 0.3) is 0 Å². The largest absolute Gasteiger partial charge is 0.497 e. The quantitative estimate of drug-likeness (QED) is 0.340. The van der Waals surface area contributed by atoms with Crippen molar-refractivity contribution in [3.05, 3.63) is 17.7 Å². The lowest BCUT2D eigenvalue weighted by molar-refractivity contribution is -0.189. The SMILES string of the molecule is COc1cc(OCC(O)CO)c(OC(=O)C(F)(F)F)c(C(=O)NC2CCNCC2)c1.